The van der Waals surface area contributed by atoms with Crippen molar-refractivity contribution in [3.63, 3.8) is 0 Å². The van der Waals surface area contributed by atoms with Crippen LogP contribution in [0.4, 0.5) is 8.78 Å². The number of nitrogens with zero attached hydrogens (tertiary/aromatic N) is 2. The molecule has 9 atom stereocenters. The number of halogens is 2. The number of carbonyl (C=O) groups excluding carboxylic acids is 2. The number of hydrogen-bond donors (Lipinski definition) is 1. The summed E-state index contributed by atoms with van der Waals surface area (Å²) in [6.07, 6.45) is 4.09. The predicted octanol–water partition coefficient (Wildman–Crippen LogP) is 4.09. The van der Waals surface area contributed by atoms with E-state index in [0.29, 0.717) is 19.5 Å². The normalized spacial score (nSPS) is 45.5. The smallest absolute Gasteiger partial charge is 0.224 e. The van der Waals surface area contributed by atoms with Crippen LogP contribution in [0.25, 0.3) is 0 Å². The van der Waals surface area contributed by atoms with Crippen LogP contribution in [0.15, 0.2) is 46.8 Å². The molecule has 1 saturated heterocycles. The third-order valence-electron chi connectivity index (χ3n) is 10.2. The topological polar surface area (TPSA) is 104 Å². The maximum atomic E-state index is 17.5. The average Bonchev–Trinajstić information content (AvgIpc) is 3.57. The Bertz CT molecular complexity index is 1280. The highest BCUT2D eigenvalue weighted by Crippen LogP contribution is 2.73. The molecule has 6 rings (SSSR count). The minimum absolute atomic E-state index is 0.0597. The van der Waals surface area contributed by atoms with Crippen LogP contribution in [-0.2, 0) is 21.0 Å². The Hall–Kier alpha value is -2.32. The number of allylic oxidation sites excluding steroid dienone is 4. The second-order valence-electron chi connectivity index (χ2n) is 11.8. The largest absolute Gasteiger partial charge is 0.472 e. The van der Waals surface area contributed by atoms with Crippen molar-refractivity contribution in [3.8, 4) is 6.07 Å². The quantitative estimate of drug-likeness (QED) is 0.605. The second kappa shape index (κ2) is 8.59. The zero-order chi connectivity index (χ0) is 27.1. The zero-order valence-electron chi connectivity index (χ0n) is 21.2. The van der Waals surface area contributed by atoms with Crippen LogP contribution in [0.2, 0.25) is 0 Å². The highest BCUT2D eigenvalue weighted by molar-refractivity contribution is 8.14. The molecule has 0 aromatic carbocycles. The van der Waals surface area contributed by atoms with Crippen molar-refractivity contribution in [1.82, 2.24) is 5.06 Å². The van der Waals surface area contributed by atoms with Gasteiger partial charge >= 0.3 is 0 Å². The number of nitriles is 1. The minimum Gasteiger partial charge on any atom is -0.472 e. The monoisotopic (exact) mass is 544 g/mol. The van der Waals surface area contributed by atoms with E-state index in [-0.39, 0.29) is 35.2 Å². The van der Waals surface area contributed by atoms with E-state index in [9.17, 15) is 20.0 Å². The standard InChI is InChI=1S/C28H30F2N2O5S/c1-25-5-3-18(33)10-21(25)22(29)11-20-19-9-17-14-32(13-16-4-7-36-15-16)37-28(17,24(35)38-8-6-31)26(19,2)12-23(34)27(20,25)30/h3-5,7,10,15,17,19-20,22-23,34H,8-9,11-14H2,1-2H3. The van der Waals surface area contributed by atoms with E-state index in [0.717, 1.165) is 17.3 Å². The Kier molecular flexibility index (Phi) is 5.86. The van der Waals surface area contributed by atoms with Crippen LogP contribution in [-0.4, -0.2) is 56.9 Å². The molecule has 0 amide bonds. The van der Waals surface area contributed by atoms with Crippen molar-refractivity contribution in [2.24, 2.45) is 28.6 Å². The number of aliphatic hydroxyl groups is 1. The van der Waals surface area contributed by atoms with Gasteiger partial charge < -0.3 is 9.52 Å². The van der Waals surface area contributed by atoms with Crippen LogP contribution in [0.1, 0.15) is 38.7 Å². The Morgan fingerprint density at radius 1 is 1.34 bits per heavy atom. The predicted molar refractivity (Wildman–Crippen MR) is 134 cm³/mol. The van der Waals surface area contributed by atoms with Gasteiger partial charge in [0.2, 0.25) is 5.12 Å². The molecule has 38 heavy (non-hydrogen) atoms. The SMILES string of the molecule is CC12C=CC(=O)C=C1C(F)CC1C3CC4CN(Cc5ccoc5)OC4(C(=O)SCC#N)C3(C)CC(O)C12F. The summed E-state index contributed by atoms with van der Waals surface area (Å²) >= 11 is 0.876. The summed E-state index contributed by atoms with van der Waals surface area (Å²) in [5.41, 5.74) is -5.17. The van der Waals surface area contributed by atoms with E-state index in [2.05, 4.69) is 0 Å². The Morgan fingerprint density at radius 3 is 2.84 bits per heavy atom. The third-order valence-corrected chi connectivity index (χ3v) is 11.0. The van der Waals surface area contributed by atoms with Gasteiger partial charge in [-0.05, 0) is 55.9 Å². The van der Waals surface area contributed by atoms with Gasteiger partial charge in [-0.15, -0.1) is 0 Å². The number of ketones is 1. The van der Waals surface area contributed by atoms with Crippen molar-refractivity contribution >= 4 is 22.7 Å². The van der Waals surface area contributed by atoms with Gasteiger partial charge in [0.25, 0.3) is 0 Å². The number of hydroxylamine groups is 2. The molecule has 2 heterocycles. The maximum Gasteiger partial charge on any atom is 0.224 e. The van der Waals surface area contributed by atoms with Crippen LogP contribution in [0.5, 0.6) is 0 Å². The summed E-state index contributed by atoms with van der Waals surface area (Å²) in [6, 6.07) is 3.80. The van der Waals surface area contributed by atoms with Crippen LogP contribution < -0.4 is 0 Å². The lowest BCUT2D eigenvalue weighted by Crippen LogP contribution is -2.70. The number of thioether (sulfide) groups is 1. The molecular weight excluding hydrogens is 514 g/mol. The van der Waals surface area contributed by atoms with Gasteiger partial charge in [-0.3, -0.25) is 14.4 Å². The van der Waals surface area contributed by atoms with Crippen molar-refractivity contribution in [2.75, 3.05) is 12.3 Å². The van der Waals surface area contributed by atoms with Gasteiger partial charge in [-0.25, -0.2) is 8.78 Å². The lowest BCUT2D eigenvalue weighted by atomic mass is 9.44. The molecule has 4 aliphatic carbocycles. The molecule has 1 aromatic rings. The number of fused-ring (bicyclic) bond motifs is 7. The Labute approximate surface area is 223 Å². The van der Waals surface area contributed by atoms with Gasteiger partial charge in [0, 0.05) is 34.8 Å². The summed E-state index contributed by atoms with van der Waals surface area (Å²) in [5.74, 6) is -2.13. The molecule has 0 spiro atoms. The molecule has 1 N–H and O–H groups in total. The van der Waals surface area contributed by atoms with E-state index in [1.807, 2.05) is 13.0 Å². The number of rotatable bonds is 4. The summed E-state index contributed by atoms with van der Waals surface area (Å²) < 4.78 is 38.3. The summed E-state index contributed by atoms with van der Waals surface area (Å²) in [7, 11) is 0. The lowest BCUT2D eigenvalue weighted by Gasteiger charge is -2.63. The van der Waals surface area contributed by atoms with Crippen molar-refractivity contribution < 1.29 is 32.7 Å². The third kappa shape index (κ3) is 3.16. The molecular formula is C28H30F2N2O5S. The van der Waals surface area contributed by atoms with Gasteiger partial charge in [0.1, 0.15) is 6.17 Å². The summed E-state index contributed by atoms with van der Waals surface area (Å²) in [4.78, 5) is 32.5. The molecule has 10 heteroatoms. The van der Waals surface area contributed by atoms with E-state index >= 15 is 8.78 Å². The van der Waals surface area contributed by atoms with E-state index in [1.54, 1.807) is 30.6 Å². The van der Waals surface area contributed by atoms with Crippen molar-refractivity contribution in [3.05, 3.63) is 48.0 Å². The van der Waals surface area contributed by atoms with Gasteiger partial charge in [-0.2, -0.15) is 10.3 Å². The van der Waals surface area contributed by atoms with Gasteiger partial charge in [-0.1, -0.05) is 24.8 Å². The molecule has 0 bridgehead atoms. The highest BCUT2D eigenvalue weighted by Gasteiger charge is 2.79. The van der Waals surface area contributed by atoms with E-state index in [1.165, 1.54) is 18.2 Å². The lowest BCUT2D eigenvalue weighted by molar-refractivity contribution is -0.266. The van der Waals surface area contributed by atoms with Gasteiger partial charge in [0.05, 0.1) is 37.0 Å². The molecule has 5 aliphatic rings. The number of carbonyl (C=O) groups is 2. The van der Waals surface area contributed by atoms with E-state index < -0.39 is 52.0 Å². The fourth-order valence-electron chi connectivity index (χ4n) is 8.55. The molecule has 4 fully saturated rings. The van der Waals surface area contributed by atoms with Crippen molar-refractivity contribution in [2.45, 2.75) is 63.2 Å². The summed E-state index contributed by atoms with van der Waals surface area (Å²) in [6.45, 7) is 4.19. The fourth-order valence-corrected chi connectivity index (χ4v) is 9.39. The zero-order valence-corrected chi connectivity index (χ0v) is 22.0. The second-order valence-corrected chi connectivity index (χ2v) is 12.8. The molecule has 0 radical (unpaired) electrons. The van der Waals surface area contributed by atoms with Crippen LogP contribution >= 0.6 is 11.8 Å². The number of furan rings is 1. The molecule has 1 aliphatic heterocycles. The first kappa shape index (κ1) is 25.9. The van der Waals surface area contributed by atoms with Crippen LogP contribution in [0.3, 0.4) is 0 Å². The molecule has 9 unspecified atom stereocenters. The van der Waals surface area contributed by atoms with Crippen molar-refractivity contribution in [1.29, 1.82) is 5.26 Å². The first-order chi connectivity index (χ1) is 18.0. The fraction of sp³-hybridized carbons (Fsp3) is 0.607. The van der Waals surface area contributed by atoms with Crippen LogP contribution in [0, 0.1) is 39.9 Å². The van der Waals surface area contributed by atoms with Gasteiger partial charge in [0.15, 0.2) is 17.1 Å². The first-order valence-corrected chi connectivity index (χ1v) is 14.0. The Morgan fingerprint density at radius 2 is 2.13 bits per heavy atom. The van der Waals surface area contributed by atoms with E-state index in [4.69, 9.17) is 9.25 Å². The summed E-state index contributed by atoms with van der Waals surface area (Å²) in [5, 5.41) is 22.2. The minimum atomic E-state index is -2.22. The number of hydrogen-bond acceptors (Lipinski definition) is 8. The molecule has 7 nitrogen and oxygen atoms in total. The number of aliphatic hydroxyl groups excluding tert-OH is 1. The molecule has 1 aromatic heterocycles. The average molecular weight is 545 g/mol. The Balaban J connectivity index is 1.42. The maximum absolute atomic E-state index is 17.5. The highest BCUT2D eigenvalue weighted by atomic mass is 32.2. The molecule has 3 saturated carbocycles. The number of alkyl halides is 2. The first-order valence-electron chi connectivity index (χ1n) is 13.0. The molecule has 202 valence electrons.